The van der Waals surface area contributed by atoms with Gasteiger partial charge < -0.3 is 10.1 Å². The summed E-state index contributed by atoms with van der Waals surface area (Å²) < 4.78 is 13.2. The highest BCUT2D eigenvalue weighted by Gasteiger charge is 2.11. The normalized spacial score (nSPS) is 11.4. The summed E-state index contributed by atoms with van der Waals surface area (Å²) in [6.45, 7) is 1.99. The number of H-pyrrole nitrogens is 1. The number of hydrogen-bond donors (Lipinski definition) is 2. The molecule has 0 spiro atoms. The van der Waals surface area contributed by atoms with Gasteiger partial charge in [0.15, 0.2) is 5.69 Å². The minimum absolute atomic E-state index is 0.124. The topological polar surface area (TPSA) is 77.8 Å². The highest BCUT2D eigenvalue weighted by atomic mass is 32.2. The molecule has 0 unspecified atom stereocenters. The van der Waals surface area contributed by atoms with Gasteiger partial charge in [-0.25, -0.2) is 4.39 Å². The summed E-state index contributed by atoms with van der Waals surface area (Å²) >= 11 is 1.36. The highest BCUT2D eigenvalue weighted by Crippen LogP contribution is 2.35. The van der Waals surface area contributed by atoms with E-state index in [1.54, 1.807) is 0 Å². The molecule has 0 aliphatic rings. The van der Waals surface area contributed by atoms with Crippen LogP contribution >= 0.6 is 11.8 Å². The quantitative estimate of drug-likeness (QED) is 0.531. The second-order valence-corrected chi connectivity index (χ2v) is 6.26. The first-order valence-electron chi connectivity index (χ1n) is 7.17. The Kier molecular flexibility index (Phi) is 4.61. The van der Waals surface area contributed by atoms with Crippen molar-refractivity contribution in [3.8, 4) is 5.88 Å². The lowest BCUT2D eigenvalue weighted by Crippen LogP contribution is -1.95. The zero-order valence-electron chi connectivity index (χ0n) is 12.8. The zero-order valence-corrected chi connectivity index (χ0v) is 13.6. The van der Waals surface area contributed by atoms with Crippen molar-refractivity contribution in [2.45, 2.75) is 11.8 Å². The number of aromatic nitrogens is 1. The number of aryl methyl sites for hydroxylation is 1. The van der Waals surface area contributed by atoms with E-state index >= 15 is 0 Å². The van der Waals surface area contributed by atoms with Crippen LogP contribution in [0, 0.1) is 12.7 Å². The van der Waals surface area contributed by atoms with Gasteiger partial charge in [0.1, 0.15) is 5.82 Å². The van der Waals surface area contributed by atoms with Crippen molar-refractivity contribution in [1.82, 2.24) is 4.98 Å². The number of rotatable bonds is 4. The van der Waals surface area contributed by atoms with Crippen LogP contribution in [0.4, 0.5) is 10.1 Å². The molecule has 7 heteroatoms. The van der Waals surface area contributed by atoms with Gasteiger partial charge in [0.2, 0.25) is 5.88 Å². The Bertz CT molecular complexity index is 919. The number of nitrogens with zero attached hydrogens (tertiary/aromatic N) is 2. The number of halogens is 1. The van der Waals surface area contributed by atoms with Gasteiger partial charge in [0, 0.05) is 10.3 Å². The van der Waals surface area contributed by atoms with Crippen LogP contribution in [0.5, 0.6) is 5.88 Å². The van der Waals surface area contributed by atoms with E-state index in [0.29, 0.717) is 10.9 Å². The second kappa shape index (κ2) is 6.84. The minimum Gasteiger partial charge on any atom is -0.493 e. The van der Waals surface area contributed by atoms with Crippen molar-refractivity contribution in [1.29, 1.82) is 0 Å². The molecule has 5 nitrogen and oxygen atoms in total. The fraction of sp³-hybridized carbons (Fsp3) is 0.118. The van der Waals surface area contributed by atoms with Crippen LogP contribution in [0.2, 0.25) is 0 Å². The first-order valence-corrected chi connectivity index (χ1v) is 8.16. The Morgan fingerprint density at radius 2 is 2.00 bits per heavy atom. The summed E-state index contributed by atoms with van der Waals surface area (Å²) in [5.41, 5.74) is 1.67. The number of aromatic hydroxyl groups is 1. The average molecular weight is 343 g/mol. The van der Waals surface area contributed by atoms with Crippen LogP contribution in [0.25, 0.3) is 10.9 Å². The molecule has 0 aliphatic carbocycles. The molecule has 3 rings (SSSR count). The fourth-order valence-electron chi connectivity index (χ4n) is 2.16. The monoisotopic (exact) mass is 343 g/mol. The number of nitrogens with one attached hydrogen (secondary N) is 1. The number of carbonyl (C=O) groups is 1. The predicted octanol–water partition coefficient (Wildman–Crippen LogP) is 4.72. The summed E-state index contributed by atoms with van der Waals surface area (Å²) in [7, 11) is 0. The van der Waals surface area contributed by atoms with Crippen LogP contribution in [0.3, 0.4) is 0 Å². The Hall–Kier alpha value is -2.67. The maximum Gasteiger partial charge on any atom is 0.274 e. The maximum absolute atomic E-state index is 13.2. The molecule has 24 heavy (non-hydrogen) atoms. The smallest absolute Gasteiger partial charge is 0.274 e. The van der Waals surface area contributed by atoms with E-state index in [1.165, 1.54) is 30.0 Å². The molecule has 0 aliphatic heterocycles. The van der Waals surface area contributed by atoms with Crippen LogP contribution < -0.4 is 0 Å². The van der Waals surface area contributed by atoms with E-state index in [0.717, 1.165) is 10.5 Å². The molecule has 1 aromatic heterocycles. The van der Waals surface area contributed by atoms with Crippen molar-refractivity contribution < 1.29 is 14.3 Å². The average Bonchev–Trinajstić information content (AvgIpc) is 2.86. The Morgan fingerprint density at radius 1 is 1.25 bits per heavy atom. The summed E-state index contributed by atoms with van der Waals surface area (Å²) in [4.78, 5) is 15.4. The molecule has 2 aromatic carbocycles. The van der Waals surface area contributed by atoms with Crippen LogP contribution in [0.15, 0.2) is 57.6 Å². The molecule has 0 bridgehead atoms. The van der Waals surface area contributed by atoms with Crippen molar-refractivity contribution in [3.05, 3.63) is 53.8 Å². The molecule has 0 radical (unpaired) electrons. The largest absolute Gasteiger partial charge is 0.493 e. The molecule has 0 fully saturated rings. The molecule has 0 atom stereocenters. The van der Waals surface area contributed by atoms with Crippen LogP contribution in [0.1, 0.15) is 5.56 Å². The van der Waals surface area contributed by atoms with Gasteiger partial charge in [-0.2, -0.15) is 0 Å². The molecular formula is C17H14FN3O2S. The van der Waals surface area contributed by atoms with Crippen molar-refractivity contribution in [2.24, 2.45) is 10.2 Å². The molecule has 0 saturated heterocycles. The number of hydrogen-bond acceptors (Lipinski definition) is 4. The first kappa shape index (κ1) is 16.2. The standard InChI is InChI=1S/C17H14FN3O2S/c1-10-2-5-12(6-3-10)24-9-15(22)20-21-16-13-7-4-11(18)8-14(13)19-17(16)23/h2-8,19,23H,9H2,1H3. The van der Waals surface area contributed by atoms with Gasteiger partial charge in [0.25, 0.3) is 5.91 Å². The van der Waals surface area contributed by atoms with E-state index in [9.17, 15) is 14.3 Å². The molecule has 3 aromatic rings. The van der Waals surface area contributed by atoms with Gasteiger partial charge in [-0.3, -0.25) is 4.79 Å². The fourth-order valence-corrected chi connectivity index (χ4v) is 2.83. The summed E-state index contributed by atoms with van der Waals surface area (Å²) in [5.74, 6) is -0.961. The van der Waals surface area contributed by atoms with Crippen molar-refractivity contribution >= 4 is 34.3 Å². The lowest BCUT2D eigenvalue weighted by Gasteiger charge is -1.98. The van der Waals surface area contributed by atoms with Crippen molar-refractivity contribution in [2.75, 3.05) is 5.75 Å². The van der Waals surface area contributed by atoms with Gasteiger partial charge in [0.05, 0.1) is 11.3 Å². The Balaban J connectivity index is 1.70. The van der Waals surface area contributed by atoms with Crippen molar-refractivity contribution in [3.63, 3.8) is 0 Å². The van der Waals surface area contributed by atoms with Gasteiger partial charge in [-0.05, 0) is 37.3 Å². The third kappa shape index (κ3) is 3.62. The molecule has 122 valence electrons. The summed E-state index contributed by atoms with van der Waals surface area (Å²) in [6.07, 6.45) is 0. The molecule has 1 amide bonds. The van der Waals surface area contributed by atoms with E-state index in [4.69, 9.17) is 0 Å². The van der Waals surface area contributed by atoms with Gasteiger partial charge in [-0.1, -0.05) is 17.7 Å². The number of aromatic amines is 1. The second-order valence-electron chi connectivity index (χ2n) is 5.21. The van der Waals surface area contributed by atoms with E-state index < -0.39 is 11.7 Å². The van der Waals surface area contributed by atoms with Crippen LogP contribution in [-0.2, 0) is 4.79 Å². The Morgan fingerprint density at radius 3 is 2.75 bits per heavy atom. The molecule has 0 saturated carbocycles. The van der Waals surface area contributed by atoms with E-state index in [1.807, 2.05) is 31.2 Å². The summed E-state index contributed by atoms with van der Waals surface area (Å²) in [6, 6.07) is 11.8. The molecular weight excluding hydrogens is 329 g/mol. The number of fused-ring (bicyclic) bond motifs is 1. The number of thioether (sulfide) groups is 1. The lowest BCUT2D eigenvalue weighted by molar-refractivity contribution is -0.115. The number of carbonyl (C=O) groups excluding carboxylic acids is 1. The third-order valence-corrected chi connectivity index (χ3v) is 4.36. The Labute approximate surface area is 141 Å². The van der Waals surface area contributed by atoms with Gasteiger partial charge in [-0.15, -0.1) is 22.0 Å². The number of benzene rings is 2. The SMILES string of the molecule is Cc1ccc(SCC(=O)N=Nc2c(O)[nH]c3cc(F)ccc23)cc1. The van der Waals surface area contributed by atoms with E-state index in [2.05, 4.69) is 15.2 Å². The predicted molar refractivity (Wildman–Crippen MR) is 91.3 cm³/mol. The first-order chi connectivity index (χ1) is 11.5. The molecule has 2 N–H and O–H groups in total. The molecule has 1 heterocycles. The number of azo groups is 1. The minimum atomic E-state index is -0.433. The summed E-state index contributed by atoms with van der Waals surface area (Å²) in [5, 5.41) is 17.8. The van der Waals surface area contributed by atoms with E-state index in [-0.39, 0.29) is 17.3 Å². The maximum atomic E-state index is 13.2. The number of amides is 1. The highest BCUT2D eigenvalue weighted by molar-refractivity contribution is 8.00. The zero-order chi connectivity index (χ0) is 17.1. The third-order valence-electron chi connectivity index (χ3n) is 3.36. The van der Waals surface area contributed by atoms with Gasteiger partial charge >= 0.3 is 0 Å². The van der Waals surface area contributed by atoms with Crippen LogP contribution in [-0.4, -0.2) is 21.8 Å². The lowest BCUT2D eigenvalue weighted by atomic mass is 10.2.